The highest BCUT2D eigenvalue weighted by molar-refractivity contribution is 5.93. The number of hydrogen-bond donors (Lipinski definition) is 2. The van der Waals surface area contributed by atoms with E-state index in [2.05, 4.69) is 30.4 Å². The lowest BCUT2D eigenvalue weighted by atomic mass is 10.2. The molecular formula is C15H15N7O2. The average Bonchev–Trinajstić information content (AvgIpc) is 3.08. The van der Waals surface area contributed by atoms with Crippen LogP contribution in [0.2, 0.25) is 0 Å². The van der Waals surface area contributed by atoms with Crippen LogP contribution in [0.1, 0.15) is 17.3 Å². The van der Waals surface area contributed by atoms with Crippen molar-refractivity contribution in [2.75, 3.05) is 0 Å². The standard InChI is InChI=1S/C15H15N7O2/c1-10(7-22-9-16-8-19-22)20-14(23)11-6-18-13(21-15(11)24)12-4-2-3-5-17-12/h2-6,8-10H,7H2,1H3,(H,20,23)(H,18,21,24)/t10-/m0/s1. The normalized spacial score (nSPS) is 11.9. The molecule has 0 fully saturated rings. The lowest BCUT2D eigenvalue weighted by Crippen LogP contribution is -2.38. The Morgan fingerprint density at radius 3 is 2.92 bits per heavy atom. The first-order valence-corrected chi connectivity index (χ1v) is 7.27. The highest BCUT2D eigenvalue weighted by atomic mass is 16.2. The minimum atomic E-state index is -0.517. The number of amides is 1. The molecule has 0 aliphatic rings. The van der Waals surface area contributed by atoms with Gasteiger partial charge in [0.2, 0.25) is 0 Å². The largest absolute Gasteiger partial charge is 0.347 e. The van der Waals surface area contributed by atoms with Gasteiger partial charge in [0.15, 0.2) is 5.82 Å². The summed E-state index contributed by atoms with van der Waals surface area (Å²) in [5.41, 5.74) is -0.0441. The van der Waals surface area contributed by atoms with Crippen LogP contribution in [0.25, 0.3) is 11.5 Å². The maximum atomic E-state index is 12.2. The summed E-state index contributed by atoms with van der Waals surface area (Å²) in [6.45, 7) is 2.26. The molecule has 0 saturated heterocycles. The molecule has 1 atom stereocenters. The van der Waals surface area contributed by atoms with Gasteiger partial charge in [-0.1, -0.05) is 6.07 Å². The number of nitrogens with one attached hydrogen (secondary N) is 2. The molecule has 0 aliphatic heterocycles. The number of carbonyl (C=O) groups is 1. The third-order valence-corrected chi connectivity index (χ3v) is 3.26. The van der Waals surface area contributed by atoms with E-state index in [4.69, 9.17) is 0 Å². The summed E-state index contributed by atoms with van der Waals surface area (Å²) >= 11 is 0. The third kappa shape index (κ3) is 3.51. The van der Waals surface area contributed by atoms with Crippen molar-refractivity contribution in [3.63, 3.8) is 0 Å². The van der Waals surface area contributed by atoms with Crippen molar-refractivity contribution in [2.24, 2.45) is 0 Å². The fraction of sp³-hybridized carbons (Fsp3) is 0.200. The van der Waals surface area contributed by atoms with Crippen LogP contribution < -0.4 is 10.9 Å². The highest BCUT2D eigenvalue weighted by Crippen LogP contribution is 2.08. The smallest absolute Gasteiger partial charge is 0.264 e. The Hall–Kier alpha value is -3.36. The maximum Gasteiger partial charge on any atom is 0.264 e. The molecule has 3 rings (SSSR count). The van der Waals surface area contributed by atoms with E-state index < -0.39 is 11.5 Å². The van der Waals surface area contributed by atoms with Crippen molar-refractivity contribution in [1.29, 1.82) is 0 Å². The van der Waals surface area contributed by atoms with Gasteiger partial charge in [0.05, 0.1) is 6.54 Å². The van der Waals surface area contributed by atoms with Gasteiger partial charge in [0.1, 0.15) is 23.9 Å². The van der Waals surface area contributed by atoms with Crippen LogP contribution in [0.3, 0.4) is 0 Å². The zero-order valence-electron chi connectivity index (χ0n) is 12.9. The van der Waals surface area contributed by atoms with Gasteiger partial charge in [0, 0.05) is 18.4 Å². The minimum Gasteiger partial charge on any atom is -0.347 e. The van der Waals surface area contributed by atoms with Gasteiger partial charge in [-0.25, -0.2) is 9.97 Å². The zero-order valence-corrected chi connectivity index (χ0v) is 12.9. The molecule has 3 aromatic heterocycles. The zero-order chi connectivity index (χ0) is 16.9. The summed E-state index contributed by atoms with van der Waals surface area (Å²) in [6.07, 6.45) is 5.82. The van der Waals surface area contributed by atoms with Crippen LogP contribution in [-0.4, -0.2) is 41.7 Å². The quantitative estimate of drug-likeness (QED) is 0.694. The summed E-state index contributed by atoms with van der Waals surface area (Å²) in [4.78, 5) is 39.0. The minimum absolute atomic E-state index is 0.0554. The van der Waals surface area contributed by atoms with Gasteiger partial charge in [-0.2, -0.15) is 5.10 Å². The van der Waals surface area contributed by atoms with Gasteiger partial charge >= 0.3 is 0 Å². The van der Waals surface area contributed by atoms with Crippen LogP contribution in [0, 0.1) is 0 Å². The monoisotopic (exact) mass is 325 g/mol. The second kappa shape index (κ2) is 6.82. The topological polar surface area (TPSA) is 118 Å². The molecule has 0 spiro atoms. The van der Waals surface area contributed by atoms with Crippen molar-refractivity contribution in [3.05, 3.63) is 59.2 Å². The second-order valence-electron chi connectivity index (χ2n) is 5.18. The number of pyridine rings is 1. The Labute approximate surface area is 136 Å². The Balaban J connectivity index is 1.72. The molecule has 122 valence electrons. The summed E-state index contributed by atoms with van der Waals surface area (Å²) in [5.74, 6) is -0.184. The number of carbonyl (C=O) groups excluding carboxylic acids is 1. The van der Waals surface area contributed by atoms with Crippen molar-refractivity contribution >= 4 is 5.91 Å². The lowest BCUT2D eigenvalue weighted by Gasteiger charge is -2.13. The average molecular weight is 325 g/mol. The number of hydrogen-bond acceptors (Lipinski definition) is 6. The molecule has 0 bridgehead atoms. The highest BCUT2D eigenvalue weighted by Gasteiger charge is 2.15. The maximum absolute atomic E-state index is 12.2. The molecule has 0 unspecified atom stereocenters. The van der Waals surface area contributed by atoms with E-state index in [0.29, 0.717) is 18.1 Å². The molecule has 2 N–H and O–H groups in total. The summed E-state index contributed by atoms with van der Waals surface area (Å²) < 4.78 is 1.59. The second-order valence-corrected chi connectivity index (χ2v) is 5.18. The number of aromatic amines is 1. The third-order valence-electron chi connectivity index (χ3n) is 3.26. The van der Waals surface area contributed by atoms with Crippen molar-refractivity contribution in [3.8, 4) is 11.5 Å². The van der Waals surface area contributed by atoms with Crippen molar-refractivity contribution < 1.29 is 4.79 Å². The van der Waals surface area contributed by atoms with Crippen LogP contribution in [0.5, 0.6) is 0 Å². The van der Waals surface area contributed by atoms with Crippen LogP contribution in [-0.2, 0) is 6.54 Å². The molecule has 0 aliphatic carbocycles. The predicted octanol–water partition coefficient (Wildman–Crippen LogP) is 0.242. The first-order valence-electron chi connectivity index (χ1n) is 7.27. The van der Waals surface area contributed by atoms with Gasteiger partial charge in [-0.05, 0) is 19.1 Å². The predicted molar refractivity (Wildman–Crippen MR) is 85.0 cm³/mol. The van der Waals surface area contributed by atoms with Crippen LogP contribution >= 0.6 is 0 Å². The Bertz CT molecular complexity index is 874. The van der Waals surface area contributed by atoms with Crippen molar-refractivity contribution in [1.82, 2.24) is 35.0 Å². The Kier molecular flexibility index (Phi) is 4.41. The first-order chi connectivity index (χ1) is 11.6. The number of aromatic nitrogens is 6. The van der Waals surface area contributed by atoms with Gasteiger partial charge in [-0.3, -0.25) is 19.3 Å². The molecule has 0 aromatic carbocycles. The molecule has 9 nitrogen and oxygen atoms in total. The van der Waals surface area contributed by atoms with Crippen LogP contribution in [0.4, 0.5) is 0 Å². The molecular weight excluding hydrogens is 310 g/mol. The molecule has 0 saturated carbocycles. The SMILES string of the molecule is C[C@@H](Cn1cncn1)NC(=O)c1cnc(-c2ccccn2)[nH]c1=O. The fourth-order valence-electron chi connectivity index (χ4n) is 2.14. The Morgan fingerprint density at radius 1 is 1.38 bits per heavy atom. The lowest BCUT2D eigenvalue weighted by molar-refractivity contribution is 0.0934. The Morgan fingerprint density at radius 2 is 2.25 bits per heavy atom. The van der Waals surface area contributed by atoms with Crippen molar-refractivity contribution in [2.45, 2.75) is 19.5 Å². The number of rotatable bonds is 5. The van der Waals surface area contributed by atoms with E-state index in [-0.39, 0.29) is 11.6 Å². The summed E-state index contributed by atoms with van der Waals surface area (Å²) in [7, 11) is 0. The van der Waals surface area contributed by atoms with E-state index in [1.165, 1.54) is 12.5 Å². The molecule has 24 heavy (non-hydrogen) atoms. The molecule has 0 radical (unpaired) electrons. The molecule has 9 heteroatoms. The summed E-state index contributed by atoms with van der Waals surface area (Å²) in [6, 6.07) is 5.04. The van der Waals surface area contributed by atoms with Gasteiger partial charge < -0.3 is 10.3 Å². The number of nitrogens with zero attached hydrogens (tertiary/aromatic N) is 5. The molecule has 3 aromatic rings. The van der Waals surface area contributed by atoms with Gasteiger partial charge in [0.25, 0.3) is 11.5 Å². The van der Waals surface area contributed by atoms with Crippen LogP contribution in [0.15, 0.2) is 48.0 Å². The summed E-state index contributed by atoms with van der Waals surface area (Å²) in [5, 5.41) is 6.70. The van der Waals surface area contributed by atoms with E-state index in [1.807, 2.05) is 6.92 Å². The van der Waals surface area contributed by atoms with E-state index in [9.17, 15) is 9.59 Å². The van der Waals surface area contributed by atoms with Gasteiger partial charge in [-0.15, -0.1) is 0 Å². The number of H-pyrrole nitrogens is 1. The van der Waals surface area contributed by atoms with E-state index >= 15 is 0 Å². The first kappa shape index (κ1) is 15.5. The molecule has 3 heterocycles. The van der Waals surface area contributed by atoms with E-state index in [0.717, 1.165) is 0 Å². The molecule has 1 amide bonds. The fourth-order valence-corrected chi connectivity index (χ4v) is 2.14. The van der Waals surface area contributed by atoms with E-state index in [1.54, 1.807) is 35.4 Å².